The Morgan fingerprint density at radius 2 is 2.15 bits per heavy atom. The summed E-state index contributed by atoms with van der Waals surface area (Å²) >= 11 is 1.39. The molecule has 1 atom stereocenters. The molecule has 1 aromatic carbocycles. The van der Waals surface area contributed by atoms with Crippen LogP contribution >= 0.6 is 11.3 Å². The highest BCUT2D eigenvalue weighted by Crippen LogP contribution is 2.18. The van der Waals surface area contributed by atoms with Crippen LogP contribution in [0.2, 0.25) is 0 Å². The molecule has 106 valence electrons. The van der Waals surface area contributed by atoms with Crippen LogP contribution < -0.4 is 15.8 Å². The van der Waals surface area contributed by atoms with Crippen molar-refractivity contribution in [2.75, 3.05) is 7.11 Å². The molecule has 1 amide bonds. The van der Waals surface area contributed by atoms with Crippen molar-refractivity contribution in [3.05, 3.63) is 45.9 Å². The summed E-state index contributed by atoms with van der Waals surface area (Å²) in [4.78, 5) is 16.2. The number of benzene rings is 1. The minimum atomic E-state index is -0.190. The van der Waals surface area contributed by atoms with Crippen molar-refractivity contribution in [1.29, 1.82) is 0 Å². The van der Waals surface area contributed by atoms with Gasteiger partial charge in [-0.2, -0.15) is 0 Å². The number of carbonyl (C=O) groups excluding carboxylic acids is 1. The third kappa shape index (κ3) is 3.34. The first kappa shape index (κ1) is 14.5. The lowest BCUT2D eigenvalue weighted by Gasteiger charge is -2.13. The predicted octanol–water partition coefficient (Wildman–Crippen LogP) is 2.10. The highest BCUT2D eigenvalue weighted by Gasteiger charge is 2.14. The lowest BCUT2D eigenvalue weighted by atomic mass is 10.1. The van der Waals surface area contributed by atoms with Crippen molar-refractivity contribution in [1.82, 2.24) is 10.3 Å². The zero-order valence-electron chi connectivity index (χ0n) is 11.4. The van der Waals surface area contributed by atoms with Crippen LogP contribution in [0.4, 0.5) is 0 Å². The third-order valence-electron chi connectivity index (χ3n) is 2.92. The number of thiazole rings is 1. The molecule has 5 nitrogen and oxygen atoms in total. The van der Waals surface area contributed by atoms with Crippen LogP contribution in [0.1, 0.15) is 34.0 Å². The first-order valence-electron chi connectivity index (χ1n) is 6.23. The van der Waals surface area contributed by atoms with Gasteiger partial charge in [0.25, 0.3) is 5.91 Å². The maximum absolute atomic E-state index is 12.0. The van der Waals surface area contributed by atoms with Gasteiger partial charge in [0.2, 0.25) is 0 Å². The van der Waals surface area contributed by atoms with Gasteiger partial charge < -0.3 is 15.8 Å². The largest absolute Gasteiger partial charge is 0.497 e. The Morgan fingerprint density at radius 1 is 1.45 bits per heavy atom. The molecule has 0 radical (unpaired) electrons. The summed E-state index contributed by atoms with van der Waals surface area (Å²) in [6.45, 7) is 2.28. The van der Waals surface area contributed by atoms with Crippen molar-refractivity contribution in [2.24, 2.45) is 5.73 Å². The van der Waals surface area contributed by atoms with Gasteiger partial charge in [0.05, 0.1) is 13.2 Å². The predicted molar refractivity (Wildman–Crippen MR) is 78.9 cm³/mol. The second-order valence-electron chi connectivity index (χ2n) is 4.30. The van der Waals surface area contributed by atoms with Gasteiger partial charge in [-0.1, -0.05) is 12.1 Å². The molecule has 3 N–H and O–H groups in total. The minimum Gasteiger partial charge on any atom is -0.497 e. The number of aromatic nitrogens is 1. The van der Waals surface area contributed by atoms with Gasteiger partial charge in [-0.3, -0.25) is 4.79 Å². The van der Waals surface area contributed by atoms with E-state index in [4.69, 9.17) is 10.5 Å². The number of rotatable bonds is 5. The SMILES string of the molecule is COc1ccc(C(C)NC(=O)c2csc(CN)n2)cc1. The molecule has 0 aliphatic carbocycles. The maximum Gasteiger partial charge on any atom is 0.271 e. The van der Waals surface area contributed by atoms with Crippen LogP contribution in [0.15, 0.2) is 29.6 Å². The molecule has 0 fully saturated rings. The lowest BCUT2D eigenvalue weighted by molar-refractivity contribution is 0.0935. The monoisotopic (exact) mass is 291 g/mol. The molecule has 2 aromatic rings. The summed E-state index contributed by atoms with van der Waals surface area (Å²) in [5.41, 5.74) is 6.91. The van der Waals surface area contributed by atoms with E-state index in [2.05, 4.69) is 10.3 Å². The van der Waals surface area contributed by atoms with Crippen molar-refractivity contribution < 1.29 is 9.53 Å². The standard InChI is InChI=1S/C14H17N3O2S/c1-9(10-3-5-11(19-2)6-4-10)16-14(18)12-8-20-13(7-15)17-12/h3-6,8-9H,7,15H2,1-2H3,(H,16,18). The molecule has 1 heterocycles. The molecule has 0 saturated heterocycles. The molecule has 0 saturated carbocycles. The van der Waals surface area contributed by atoms with Crippen molar-refractivity contribution >= 4 is 17.2 Å². The first-order chi connectivity index (χ1) is 9.63. The maximum atomic E-state index is 12.0. The average Bonchev–Trinajstić information content (AvgIpc) is 2.96. The number of nitrogens with one attached hydrogen (secondary N) is 1. The van der Waals surface area contributed by atoms with Gasteiger partial charge in [-0.15, -0.1) is 11.3 Å². The molecule has 0 aliphatic heterocycles. The van der Waals surface area contributed by atoms with Crippen molar-refractivity contribution in [2.45, 2.75) is 19.5 Å². The Balaban J connectivity index is 2.02. The van der Waals surface area contributed by atoms with Gasteiger partial charge in [-0.05, 0) is 24.6 Å². The smallest absolute Gasteiger partial charge is 0.271 e. The fraction of sp³-hybridized carbons (Fsp3) is 0.286. The van der Waals surface area contributed by atoms with Gasteiger partial charge in [-0.25, -0.2) is 4.98 Å². The van der Waals surface area contributed by atoms with E-state index in [0.717, 1.165) is 16.3 Å². The number of hydrogen-bond donors (Lipinski definition) is 2. The highest BCUT2D eigenvalue weighted by molar-refractivity contribution is 7.09. The molecular formula is C14H17N3O2S. The van der Waals surface area contributed by atoms with Crippen LogP contribution in [-0.2, 0) is 6.54 Å². The Morgan fingerprint density at radius 3 is 2.70 bits per heavy atom. The van der Waals surface area contributed by atoms with Crippen LogP contribution in [0, 0.1) is 0 Å². The molecule has 1 unspecified atom stereocenters. The first-order valence-corrected chi connectivity index (χ1v) is 7.11. The quantitative estimate of drug-likeness (QED) is 0.884. The average molecular weight is 291 g/mol. The van der Waals surface area contributed by atoms with E-state index in [1.807, 2.05) is 31.2 Å². The van der Waals surface area contributed by atoms with E-state index in [0.29, 0.717) is 12.2 Å². The number of hydrogen-bond acceptors (Lipinski definition) is 5. The molecule has 2 rings (SSSR count). The second kappa shape index (κ2) is 6.49. The molecule has 0 bridgehead atoms. The van der Waals surface area contributed by atoms with E-state index >= 15 is 0 Å². The molecule has 6 heteroatoms. The number of carbonyl (C=O) groups is 1. The van der Waals surface area contributed by atoms with E-state index in [9.17, 15) is 4.79 Å². The summed E-state index contributed by atoms with van der Waals surface area (Å²) in [6.07, 6.45) is 0. The Kier molecular flexibility index (Phi) is 4.70. The van der Waals surface area contributed by atoms with Crippen LogP contribution in [-0.4, -0.2) is 18.0 Å². The van der Waals surface area contributed by atoms with Crippen molar-refractivity contribution in [3.8, 4) is 5.75 Å². The van der Waals surface area contributed by atoms with Gasteiger partial charge in [0.1, 0.15) is 16.5 Å². The normalized spacial score (nSPS) is 11.9. The molecule has 20 heavy (non-hydrogen) atoms. The van der Waals surface area contributed by atoms with Gasteiger partial charge in [0, 0.05) is 11.9 Å². The third-order valence-corrected chi connectivity index (χ3v) is 3.79. The number of nitrogens with zero attached hydrogens (tertiary/aromatic N) is 1. The van der Waals surface area contributed by atoms with Crippen LogP contribution in [0.5, 0.6) is 5.75 Å². The lowest BCUT2D eigenvalue weighted by Crippen LogP contribution is -2.26. The number of ether oxygens (including phenoxy) is 1. The van der Waals surface area contributed by atoms with E-state index in [-0.39, 0.29) is 11.9 Å². The zero-order chi connectivity index (χ0) is 14.5. The second-order valence-corrected chi connectivity index (χ2v) is 5.24. The fourth-order valence-corrected chi connectivity index (χ4v) is 2.41. The van der Waals surface area contributed by atoms with Crippen LogP contribution in [0.25, 0.3) is 0 Å². The Labute approximate surface area is 121 Å². The molecule has 1 aromatic heterocycles. The van der Waals surface area contributed by atoms with Crippen molar-refractivity contribution in [3.63, 3.8) is 0 Å². The summed E-state index contributed by atoms with van der Waals surface area (Å²) in [6, 6.07) is 7.49. The summed E-state index contributed by atoms with van der Waals surface area (Å²) in [7, 11) is 1.62. The summed E-state index contributed by atoms with van der Waals surface area (Å²) in [5.74, 6) is 0.601. The van der Waals surface area contributed by atoms with Gasteiger partial charge >= 0.3 is 0 Å². The van der Waals surface area contributed by atoms with E-state index in [1.54, 1.807) is 12.5 Å². The van der Waals surface area contributed by atoms with Gasteiger partial charge in [0.15, 0.2) is 0 Å². The minimum absolute atomic E-state index is 0.101. The number of amides is 1. The van der Waals surface area contributed by atoms with Crippen LogP contribution in [0.3, 0.4) is 0 Å². The highest BCUT2D eigenvalue weighted by atomic mass is 32.1. The summed E-state index contributed by atoms with van der Waals surface area (Å²) < 4.78 is 5.11. The Bertz CT molecular complexity index is 580. The van der Waals surface area contributed by atoms with E-state index < -0.39 is 0 Å². The summed E-state index contributed by atoms with van der Waals surface area (Å²) in [5, 5.41) is 5.39. The molecular weight excluding hydrogens is 274 g/mol. The number of nitrogens with two attached hydrogens (primary N) is 1. The molecule has 0 spiro atoms. The Hall–Kier alpha value is -1.92. The fourth-order valence-electron chi connectivity index (χ4n) is 1.76. The topological polar surface area (TPSA) is 77.2 Å². The number of methoxy groups -OCH3 is 1. The van der Waals surface area contributed by atoms with E-state index in [1.165, 1.54) is 11.3 Å². The molecule has 0 aliphatic rings. The zero-order valence-corrected chi connectivity index (χ0v) is 12.2.